The summed E-state index contributed by atoms with van der Waals surface area (Å²) in [6.07, 6.45) is -0.947. The topological polar surface area (TPSA) is 92.7 Å². The van der Waals surface area contributed by atoms with Crippen molar-refractivity contribution in [3.63, 3.8) is 0 Å². The van der Waals surface area contributed by atoms with Gasteiger partial charge in [-0.25, -0.2) is 0 Å². The highest BCUT2D eigenvalue weighted by Gasteiger charge is 2.56. The van der Waals surface area contributed by atoms with Gasteiger partial charge in [-0.2, -0.15) is 0 Å². The molecule has 1 saturated heterocycles. The van der Waals surface area contributed by atoms with Gasteiger partial charge in [-0.1, -0.05) is 0 Å². The highest BCUT2D eigenvalue weighted by Crippen LogP contribution is 2.55. The molecule has 0 aromatic rings. The van der Waals surface area contributed by atoms with Crippen LogP contribution in [0.2, 0.25) is 0 Å². The fourth-order valence-electron chi connectivity index (χ4n) is 2.18. The third kappa shape index (κ3) is 3.71. The fraction of sp³-hybridized carbons (Fsp3) is 1.00. The van der Waals surface area contributed by atoms with Crippen LogP contribution in [0, 0.1) is 0 Å². The maximum atomic E-state index is 12.6. The summed E-state index contributed by atoms with van der Waals surface area (Å²) in [5, 5.41) is 10.4. The van der Waals surface area contributed by atoms with Crippen molar-refractivity contribution >= 4 is 7.60 Å². The van der Waals surface area contributed by atoms with Gasteiger partial charge in [-0.05, 0) is 27.7 Å². The van der Waals surface area contributed by atoms with Crippen LogP contribution in [0.5, 0.6) is 0 Å². The zero-order valence-electron chi connectivity index (χ0n) is 14.0. The lowest BCUT2D eigenvalue weighted by Gasteiger charge is -2.49. The molecule has 0 saturated carbocycles. The summed E-state index contributed by atoms with van der Waals surface area (Å²) in [6.45, 7) is 6.83. The molecular weight excluding hydrogens is 315 g/mol. The molecule has 0 radical (unpaired) electrons. The number of ether oxygens (including phenoxy) is 4. The van der Waals surface area contributed by atoms with Crippen molar-refractivity contribution in [2.24, 2.45) is 0 Å². The Morgan fingerprint density at radius 3 is 2.09 bits per heavy atom. The summed E-state index contributed by atoms with van der Waals surface area (Å²) in [5.41, 5.74) is 0. The summed E-state index contributed by atoms with van der Waals surface area (Å²) in [6, 6.07) is 0. The van der Waals surface area contributed by atoms with Crippen LogP contribution in [0.15, 0.2) is 0 Å². The van der Waals surface area contributed by atoms with Crippen LogP contribution in [0.3, 0.4) is 0 Å². The van der Waals surface area contributed by atoms with Gasteiger partial charge in [0.1, 0.15) is 6.10 Å². The molecule has 22 heavy (non-hydrogen) atoms. The lowest BCUT2D eigenvalue weighted by atomic mass is 10.1. The quantitative estimate of drug-likeness (QED) is 0.667. The van der Waals surface area contributed by atoms with Crippen molar-refractivity contribution in [2.45, 2.75) is 51.2 Å². The van der Waals surface area contributed by atoms with Crippen LogP contribution >= 0.6 is 7.60 Å². The van der Waals surface area contributed by atoms with Crippen molar-refractivity contribution in [1.29, 1.82) is 0 Å². The van der Waals surface area contributed by atoms with Crippen molar-refractivity contribution < 1.29 is 37.7 Å². The van der Waals surface area contributed by atoms with Crippen LogP contribution in [0.4, 0.5) is 0 Å². The van der Waals surface area contributed by atoms with Crippen molar-refractivity contribution in [2.75, 3.05) is 34.0 Å². The molecule has 0 aliphatic carbocycles. The average Bonchev–Trinajstić information content (AvgIpc) is 2.49. The molecule has 0 bridgehead atoms. The number of aliphatic hydroxyl groups excluding tert-OH is 1. The summed E-state index contributed by atoms with van der Waals surface area (Å²) in [5.74, 6) is -3.96. The average molecular weight is 342 g/mol. The first-order chi connectivity index (χ1) is 10.2. The van der Waals surface area contributed by atoms with Gasteiger partial charge in [0.15, 0.2) is 5.85 Å². The van der Waals surface area contributed by atoms with E-state index in [1.807, 2.05) is 0 Å². The van der Waals surface area contributed by atoms with E-state index in [4.69, 9.17) is 28.0 Å². The van der Waals surface area contributed by atoms with Crippen LogP contribution in [-0.4, -0.2) is 62.7 Å². The summed E-state index contributed by atoms with van der Waals surface area (Å²) in [7, 11) is -0.850. The Labute approximate surface area is 131 Å². The largest absolute Gasteiger partial charge is 0.378 e. The monoisotopic (exact) mass is 342 g/mol. The first-order valence-electron chi connectivity index (χ1n) is 7.20. The second-order valence-corrected chi connectivity index (χ2v) is 7.18. The molecule has 0 aromatic carbocycles. The SMILES string of the molecule is CCOP(=O)(OCC)[C@@H](O)[C@H]1CO[C@@](C)(OC)[C@](C)(OC)O1. The predicted molar refractivity (Wildman–Crippen MR) is 78.5 cm³/mol. The van der Waals surface area contributed by atoms with E-state index in [1.165, 1.54) is 14.2 Å². The molecule has 8 nitrogen and oxygen atoms in total. The number of rotatable bonds is 8. The molecule has 1 aliphatic heterocycles. The summed E-state index contributed by atoms with van der Waals surface area (Å²) < 4.78 is 45.0. The maximum absolute atomic E-state index is 12.6. The molecular formula is C13H27O8P. The number of hydrogen-bond donors (Lipinski definition) is 1. The molecule has 1 rings (SSSR count). The zero-order chi connectivity index (χ0) is 17.0. The Hall–Kier alpha value is -0.0500. The van der Waals surface area contributed by atoms with Gasteiger partial charge in [0.05, 0.1) is 19.8 Å². The van der Waals surface area contributed by atoms with Crippen LogP contribution < -0.4 is 0 Å². The van der Waals surface area contributed by atoms with Crippen LogP contribution in [-0.2, 0) is 32.6 Å². The van der Waals surface area contributed by atoms with E-state index in [9.17, 15) is 9.67 Å². The van der Waals surface area contributed by atoms with Gasteiger partial charge < -0.3 is 33.1 Å². The third-order valence-electron chi connectivity index (χ3n) is 3.78. The molecule has 4 atom stereocenters. The smallest absolute Gasteiger partial charge is 0.361 e. The zero-order valence-corrected chi connectivity index (χ0v) is 14.9. The molecule has 1 heterocycles. The predicted octanol–water partition coefficient (Wildman–Crippen LogP) is 1.71. The van der Waals surface area contributed by atoms with E-state index in [2.05, 4.69) is 0 Å². The van der Waals surface area contributed by atoms with Crippen LogP contribution in [0.25, 0.3) is 0 Å². The lowest BCUT2D eigenvalue weighted by Crippen LogP contribution is -2.64. The Balaban J connectivity index is 2.96. The number of hydrogen-bond acceptors (Lipinski definition) is 8. The van der Waals surface area contributed by atoms with E-state index >= 15 is 0 Å². The van der Waals surface area contributed by atoms with Gasteiger partial charge in [0, 0.05) is 14.2 Å². The Morgan fingerprint density at radius 2 is 1.68 bits per heavy atom. The third-order valence-corrected chi connectivity index (χ3v) is 5.99. The van der Waals surface area contributed by atoms with Gasteiger partial charge in [0.2, 0.25) is 11.6 Å². The summed E-state index contributed by atoms with van der Waals surface area (Å²) in [4.78, 5) is 0. The maximum Gasteiger partial charge on any atom is 0.361 e. The standard InChI is InChI=1S/C13H27O8P/c1-7-19-22(15,20-8-2)11(14)10-9-18-12(3,16-5)13(4,17-6)21-10/h10-11,14H,7-9H2,1-6H3/t10-,11-,12-,13-/m1/s1. The van der Waals surface area contributed by atoms with E-state index < -0.39 is 31.1 Å². The molecule has 1 aliphatic rings. The van der Waals surface area contributed by atoms with Gasteiger partial charge in [-0.3, -0.25) is 4.57 Å². The Morgan fingerprint density at radius 1 is 1.18 bits per heavy atom. The van der Waals surface area contributed by atoms with Crippen LogP contribution in [0.1, 0.15) is 27.7 Å². The van der Waals surface area contributed by atoms with Gasteiger partial charge in [-0.15, -0.1) is 0 Å². The molecule has 1 N–H and O–H groups in total. The number of aliphatic hydroxyl groups is 1. The first kappa shape index (κ1) is 20.0. The number of methoxy groups -OCH3 is 2. The minimum atomic E-state index is -3.74. The molecule has 0 amide bonds. The second-order valence-electron chi connectivity index (χ2n) is 5.06. The summed E-state index contributed by atoms with van der Waals surface area (Å²) >= 11 is 0. The first-order valence-corrected chi connectivity index (χ1v) is 8.82. The Bertz CT molecular complexity index is 396. The van der Waals surface area contributed by atoms with E-state index in [-0.39, 0.29) is 19.8 Å². The molecule has 1 fully saturated rings. The fourth-order valence-corrected chi connectivity index (χ4v) is 3.83. The van der Waals surface area contributed by atoms with Crippen molar-refractivity contribution in [3.8, 4) is 0 Å². The minimum absolute atomic E-state index is 0.0470. The second kappa shape index (κ2) is 7.68. The molecule has 0 aromatic heterocycles. The van der Waals surface area contributed by atoms with Gasteiger partial charge >= 0.3 is 7.60 Å². The normalized spacial score (nSPS) is 34.6. The molecule has 0 unspecified atom stereocenters. The Kier molecular flexibility index (Phi) is 6.98. The highest BCUT2D eigenvalue weighted by atomic mass is 31.2. The van der Waals surface area contributed by atoms with E-state index in [0.29, 0.717) is 0 Å². The minimum Gasteiger partial charge on any atom is -0.378 e. The van der Waals surface area contributed by atoms with E-state index in [0.717, 1.165) is 0 Å². The van der Waals surface area contributed by atoms with Crippen molar-refractivity contribution in [3.05, 3.63) is 0 Å². The van der Waals surface area contributed by atoms with Gasteiger partial charge in [0.25, 0.3) is 0 Å². The molecule has 132 valence electrons. The van der Waals surface area contributed by atoms with E-state index in [1.54, 1.807) is 27.7 Å². The molecule has 9 heteroatoms. The lowest BCUT2D eigenvalue weighted by molar-refractivity contribution is -0.434. The molecule has 0 spiro atoms. The van der Waals surface area contributed by atoms with Crippen molar-refractivity contribution in [1.82, 2.24) is 0 Å². The highest BCUT2D eigenvalue weighted by molar-refractivity contribution is 7.54.